The van der Waals surface area contributed by atoms with Crippen molar-refractivity contribution >= 4 is 17.6 Å². The van der Waals surface area contributed by atoms with E-state index in [1.807, 2.05) is 12.1 Å². The van der Waals surface area contributed by atoms with E-state index in [2.05, 4.69) is 0 Å². The summed E-state index contributed by atoms with van der Waals surface area (Å²) in [5, 5.41) is 0. The molecule has 0 bridgehead atoms. The van der Waals surface area contributed by atoms with Crippen molar-refractivity contribution in [2.75, 3.05) is 27.9 Å². The monoisotopic (exact) mass is 474 g/mol. The van der Waals surface area contributed by atoms with Crippen LogP contribution in [0, 0.1) is 11.8 Å². The molecule has 2 atom stereocenters. The molecule has 1 heterocycles. The van der Waals surface area contributed by atoms with Crippen molar-refractivity contribution in [3.05, 3.63) is 17.7 Å². The number of hydrogen-bond donors (Lipinski definition) is 1. The number of hydrogen-bond acceptors (Lipinski definition) is 6. The number of primary amides is 1. The van der Waals surface area contributed by atoms with Gasteiger partial charge in [0.2, 0.25) is 17.4 Å². The lowest BCUT2D eigenvalue weighted by atomic mass is 9.82. The van der Waals surface area contributed by atoms with Gasteiger partial charge in [-0.2, -0.15) is 0 Å². The fourth-order valence-corrected chi connectivity index (χ4v) is 5.52. The number of benzene rings is 1. The van der Waals surface area contributed by atoms with Gasteiger partial charge >= 0.3 is 0 Å². The fraction of sp³-hybridized carbons (Fsp3) is 0.654. The summed E-state index contributed by atoms with van der Waals surface area (Å²) in [6.07, 6.45) is 8.44. The Morgan fingerprint density at radius 2 is 1.59 bits per heavy atom. The Morgan fingerprint density at radius 1 is 0.941 bits per heavy atom. The summed E-state index contributed by atoms with van der Waals surface area (Å²) in [7, 11) is 4.74. The van der Waals surface area contributed by atoms with E-state index >= 15 is 0 Å². The maximum Gasteiger partial charge on any atom is 0.290 e. The number of amides is 2. The number of ketones is 1. The first-order valence-electron chi connectivity index (χ1n) is 12.3. The van der Waals surface area contributed by atoms with E-state index in [9.17, 15) is 14.4 Å². The van der Waals surface area contributed by atoms with Crippen LogP contribution in [0.1, 0.15) is 63.4 Å². The van der Waals surface area contributed by atoms with Crippen LogP contribution in [0.5, 0.6) is 17.2 Å². The van der Waals surface area contributed by atoms with Crippen LogP contribution in [0.2, 0.25) is 0 Å². The minimum Gasteiger partial charge on any atom is -0.493 e. The molecule has 2 unspecified atom stereocenters. The van der Waals surface area contributed by atoms with E-state index in [1.165, 1.54) is 4.90 Å². The lowest BCUT2D eigenvalue weighted by molar-refractivity contribution is -0.153. The van der Waals surface area contributed by atoms with Crippen molar-refractivity contribution in [3.63, 3.8) is 0 Å². The van der Waals surface area contributed by atoms with Crippen LogP contribution >= 0.6 is 0 Å². The Hall–Kier alpha value is -2.77. The van der Waals surface area contributed by atoms with Gasteiger partial charge in [-0.25, -0.2) is 0 Å². The average Bonchev–Trinajstić information content (AvgIpc) is 2.87. The first kappa shape index (κ1) is 25.8. The summed E-state index contributed by atoms with van der Waals surface area (Å²) in [5.41, 5.74) is 6.79. The molecular formula is C26H38N2O6. The van der Waals surface area contributed by atoms with Gasteiger partial charge in [0.05, 0.1) is 21.3 Å². The van der Waals surface area contributed by atoms with Crippen LogP contribution < -0.4 is 19.9 Å². The maximum absolute atomic E-state index is 13.1. The van der Waals surface area contributed by atoms with E-state index in [4.69, 9.17) is 19.9 Å². The van der Waals surface area contributed by atoms with Crippen molar-refractivity contribution in [1.82, 2.24) is 4.90 Å². The van der Waals surface area contributed by atoms with Crippen molar-refractivity contribution in [3.8, 4) is 17.2 Å². The molecule has 3 rings (SSSR count). The number of nitrogens with two attached hydrogens (primary N) is 1. The summed E-state index contributed by atoms with van der Waals surface area (Å²) >= 11 is 0. The number of methoxy groups -OCH3 is 3. The molecule has 1 saturated heterocycles. The van der Waals surface area contributed by atoms with Crippen LogP contribution in [0.25, 0.3) is 0 Å². The minimum atomic E-state index is -0.728. The van der Waals surface area contributed by atoms with E-state index in [0.717, 1.165) is 69.8 Å². The zero-order chi connectivity index (χ0) is 24.7. The molecule has 0 radical (unpaired) electrons. The lowest BCUT2D eigenvalue weighted by Gasteiger charge is -2.40. The zero-order valence-corrected chi connectivity index (χ0v) is 20.6. The van der Waals surface area contributed by atoms with Crippen LogP contribution in [0.3, 0.4) is 0 Å². The molecule has 2 aliphatic rings. The van der Waals surface area contributed by atoms with Crippen LogP contribution in [-0.2, 0) is 20.8 Å². The molecule has 8 heteroatoms. The first-order chi connectivity index (χ1) is 16.4. The summed E-state index contributed by atoms with van der Waals surface area (Å²) in [6, 6.07) is 3.12. The molecule has 1 saturated carbocycles. The van der Waals surface area contributed by atoms with Gasteiger partial charge in [-0.15, -0.1) is 0 Å². The van der Waals surface area contributed by atoms with Crippen molar-refractivity contribution in [1.29, 1.82) is 0 Å². The highest BCUT2D eigenvalue weighted by atomic mass is 16.5. The number of carbonyl (C=O) groups is 3. The zero-order valence-electron chi connectivity index (χ0n) is 20.6. The number of ether oxygens (including phenoxy) is 3. The summed E-state index contributed by atoms with van der Waals surface area (Å²) < 4.78 is 16.3. The van der Waals surface area contributed by atoms with Gasteiger partial charge < -0.3 is 24.8 Å². The molecule has 0 spiro atoms. The number of piperidine rings is 1. The van der Waals surface area contributed by atoms with Crippen molar-refractivity contribution in [2.45, 2.75) is 70.3 Å². The number of rotatable bonds is 10. The van der Waals surface area contributed by atoms with E-state index < -0.39 is 17.9 Å². The smallest absolute Gasteiger partial charge is 0.290 e. The molecule has 2 amide bonds. The molecule has 8 nitrogen and oxygen atoms in total. The molecule has 1 aromatic rings. The van der Waals surface area contributed by atoms with Gasteiger partial charge in [-0.3, -0.25) is 14.4 Å². The third kappa shape index (κ3) is 5.83. The Bertz CT molecular complexity index is 855. The molecule has 1 aliphatic heterocycles. The van der Waals surface area contributed by atoms with Gasteiger partial charge in [0.1, 0.15) is 6.04 Å². The van der Waals surface area contributed by atoms with E-state index in [0.29, 0.717) is 23.8 Å². The number of carbonyl (C=O) groups excluding carboxylic acids is 3. The second kappa shape index (κ2) is 12.1. The Kier molecular flexibility index (Phi) is 9.19. The predicted molar refractivity (Wildman–Crippen MR) is 128 cm³/mol. The molecule has 2 N–H and O–H groups in total. The third-order valence-electron chi connectivity index (χ3n) is 7.26. The second-order valence-electron chi connectivity index (χ2n) is 9.37. The molecular weight excluding hydrogens is 436 g/mol. The average molecular weight is 475 g/mol. The number of likely N-dealkylation sites (tertiary alicyclic amines) is 1. The standard InChI is InChI=1S/C26H38N2O6/c1-32-20-15-17(16-21(33-2)24(20)34-3)9-7-12-18-13-8-14-28(22(18)25(27)30)26(31)23(29)19-10-5-4-6-11-19/h15-16,18-19,22H,4-14H2,1-3H3,(H2,27,30). The van der Waals surface area contributed by atoms with Crippen LogP contribution in [0.15, 0.2) is 12.1 Å². The molecule has 1 aromatic carbocycles. The summed E-state index contributed by atoms with van der Waals surface area (Å²) in [4.78, 5) is 39.8. The minimum absolute atomic E-state index is 0.0589. The van der Waals surface area contributed by atoms with Crippen molar-refractivity contribution < 1.29 is 28.6 Å². The molecule has 34 heavy (non-hydrogen) atoms. The number of Topliss-reactive ketones (excluding diaryl/α,β-unsaturated/α-hetero) is 1. The van der Waals surface area contributed by atoms with Gasteiger partial charge in [0, 0.05) is 12.5 Å². The van der Waals surface area contributed by atoms with Crippen LogP contribution in [0.4, 0.5) is 0 Å². The SMILES string of the molecule is COc1cc(CCCC2CCCN(C(=O)C(=O)C3CCCCC3)C2C(N)=O)cc(OC)c1OC. The Balaban J connectivity index is 1.66. The maximum atomic E-state index is 13.1. The van der Waals surface area contributed by atoms with Gasteiger partial charge in [0.25, 0.3) is 5.91 Å². The highest BCUT2D eigenvalue weighted by Crippen LogP contribution is 2.39. The summed E-state index contributed by atoms with van der Waals surface area (Å²) in [6.45, 7) is 0.411. The predicted octanol–water partition coefficient (Wildman–Crippen LogP) is 3.28. The van der Waals surface area contributed by atoms with Crippen LogP contribution in [-0.4, -0.2) is 56.4 Å². The quantitative estimate of drug-likeness (QED) is 0.522. The van der Waals surface area contributed by atoms with Gasteiger partial charge in [-0.05, 0) is 68.6 Å². The van der Waals surface area contributed by atoms with Gasteiger partial charge in [0.15, 0.2) is 11.5 Å². The third-order valence-corrected chi connectivity index (χ3v) is 7.26. The molecule has 2 fully saturated rings. The Morgan fingerprint density at radius 3 is 2.15 bits per heavy atom. The molecule has 1 aliphatic carbocycles. The van der Waals surface area contributed by atoms with E-state index in [1.54, 1.807) is 21.3 Å². The summed E-state index contributed by atoms with van der Waals surface area (Å²) in [5.74, 6) is 0.0829. The second-order valence-corrected chi connectivity index (χ2v) is 9.37. The normalized spacial score (nSPS) is 21.1. The molecule has 0 aromatic heterocycles. The number of nitrogens with zero attached hydrogens (tertiary/aromatic N) is 1. The topological polar surface area (TPSA) is 108 Å². The van der Waals surface area contributed by atoms with Crippen molar-refractivity contribution in [2.24, 2.45) is 17.6 Å². The largest absolute Gasteiger partial charge is 0.493 e. The first-order valence-corrected chi connectivity index (χ1v) is 12.3. The fourth-order valence-electron chi connectivity index (χ4n) is 5.52. The van der Waals surface area contributed by atoms with E-state index in [-0.39, 0.29) is 17.6 Å². The highest BCUT2D eigenvalue weighted by molar-refractivity contribution is 6.37. The van der Waals surface area contributed by atoms with Gasteiger partial charge in [-0.1, -0.05) is 19.3 Å². The molecule has 188 valence electrons. The number of aryl methyl sites for hydroxylation is 1. The Labute approximate surface area is 202 Å². The lowest BCUT2D eigenvalue weighted by Crippen LogP contribution is -2.57. The highest BCUT2D eigenvalue weighted by Gasteiger charge is 2.41.